The molecular weight excluding hydrogens is 390 g/mol. The lowest BCUT2D eigenvalue weighted by Crippen LogP contribution is -2.47. The molecule has 0 aliphatic carbocycles. The summed E-state index contributed by atoms with van der Waals surface area (Å²) in [7, 11) is 4.30. The van der Waals surface area contributed by atoms with E-state index in [0.717, 1.165) is 13.1 Å². The summed E-state index contributed by atoms with van der Waals surface area (Å²) >= 11 is 7.30. The number of piperazine rings is 1. The van der Waals surface area contributed by atoms with Crippen molar-refractivity contribution < 1.29 is 0 Å². The Balaban J connectivity index is 1.48. The molecule has 1 fully saturated rings. The van der Waals surface area contributed by atoms with Gasteiger partial charge >= 0.3 is 0 Å². The molecule has 0 amide bonds. The van der Waals surface area contributed by atoms with Crippen molar-refractivity contribution in [2.45, 2.75) is 6.54 Å². The Morgan fingerprint density at radius 1 is 0.957 bits per heavy atom. The van der Waals surface area contributed by atoms with Crippen molar-refractivity contribution in [2.24, 2.45) is 0 Å². The second-order valence-corrected chi connectivity index (χ2v) is 9.92. The normalized spacial score (nSPS) is 17.2. The van der Waals surface area contributed by atoms with Crippen LogP contribution < -0.4 is 0 Å². The summed E-state index contributed by atoms with van der Waals surface area (Å²) in [5.41, 5.74) is 0. The van der Waals surface area contributed by atoms with Gasteiger partial charge in [-0.1, -0.05) is 0 Å². The predicted octanol–water partition coefficient (Wildman–Crippen LogP) is 3.92. The van der Waals surface area contributed by atoms with Crippen LogP contribution >= 0.6 is 38.6 Å². The number of thiophene rings is 2. The molecule has 0 bridgehead atoms. The maximum absolute atomic E-state index is 3.55. The number of halogens is 1. The van der Waals surface area contributed by atoms with Crippen LogP contribution in [0.25, 0.3) is 9.75 Å². The first kappa shape index (κ1) is 17.6. The molecule has 126 valence electrons. The van der Waals surface area contributed by atoms with Crippen molar-refractivity contribution in [3.63, 3.8) is 0 Å². The zero-order chi connectivity index (χ0) is 16.2. The van der Waals surface area contributed by atoms with E-state index in [4.69, 9.17) is 0 Å². The topological polar surface area (TPSA) is 9.72 Å². The van der Waals surface area contributed by atoms with Gasteiger partial charge in [-0.3, -0.25) is 9.80 Å². The highest BCUT2D eigenvalue weighted by Crippen LogP contribution is 2.35. The van der Waals surface area contributed by atoms with E-state index in [1.807, 2.05) is 22.7 Å². The third-order valence-electron chi connectivity index (χ3n) is 4.19. The fraction of sp³-hybridized carbons (Fsp3) is 0.529. The molecule has 1 aliphatic rings. The average Bonchev–Trinajstić information content (AvgIpc) is 3.15. The van der Waals surface area contributed by atoms with Crippen LogP contribution in [0.2, 0.25) is 0 Å². The summed E-state index contributed by atoms with van der Waals surface area (Å²) in [6.07, 6.45) is 0. The molecule has 0 unspecified atom stereocenters. The second-order valence-electron chi connectivity index (χ2n) is 6.29. The van der Waals surface area contributed by atoms with Gasteiger partial charge in [0.05, 0.1) is 3.79 Å². The molecule has 1 aliphatic heterocycles. The van der Waals surface area contributed by atoms with Crippen LogP contribution in [0.3, 0.4) is 0 Å². The molecule has 0 atom stereocenters. The molecule has 0 N–H and O–H groups in total. The Hall–Kier alpha value is -0.240. The van der Waals surface area contributed by atoms with Crippen LogP contribution in [0.5, 0.6) is 0 Å². The second kappa shape index (κ2) is 8.23. The molecular formula is C17H24BrN3S2. The Labute approximate surface area is 155 Å². The van der Waals surface area contributed by atoms with E-state index >= 15 is 0 Å². The van der Waals surface area contributed by atoms with Gasteiger partial charge in [0.2, 0.25) is 0 Å². The molecule has 0 radical (unpaired) electrons. The molecule has 23 heavy (non-hydrogen) atoms. The monoisotopic (exact) mass is 413 g/mol. The van der Waals surface area contributed by atoms with Gasteiger partial charge in [0.15, 0.2) is 0 Å². The van der Waals surface area contributed by atoms with E-state index in [1.54, 1.807) is 0 Å². The molecule has 0 aromatic carbocycles. The van der Waals surface area contributed by atoms with E-state index in [1.165, 1.54) is 51.1 Å². The van der Waals surface area contributed by atoms with Crippen LogP contribution in [0.4, 0.5) is 0 Å². The summed E-state index contributed by atoms with van der Waals surface area (Å²) in [4.78, 5) is 11.7. The summed E-state index contributed by atoms with van der Waals surface area (Å²) in [5, 5.41) is 0. The quantitative estimate of drug-likeness (QED) is 0.710. The lowest BCUT2D eigenvalue weighted by Gasteiger charge is -2.34. The third-order valence-corrected chi connectivity index (χ3v) is 7.07. The van der Waals surface area contributed by atoms with E-state index < -0.39 is 0 Å². The van der Waals surface area contributed by atoms with E-state index in [0.29, 0.717) is 0 Å². The van der Waals surface area contributed by atoms with Crippen LogP contribution in [0, 0.1) is 0 Å². The first-order valence-electron chi connectivity index (χ1n) is 8.04. The first-order chi connectivity index (χ1) is 11.1. The predicted molar refractivity (Wildman–Crippen MR) is 106 cm³/mol. The van der Waals surface area contributed by atoms with E-state index in [-0.39, 0.29) is 0 Å². The summed E-state index contributed by atoms with van der Waals surface area (Å²) in [5.74, 6) is 0. The van der Waals surface area contributed by atoms with Crippen molar-refractivity contribution in [2.75, 3.05) is 53.4 Å². The van der Waals surface area contributed by atoms with Gasteiger partial charge in [0.1, 0.15) is 0 Å². The number of nitrogens with zero attached hydrogens (tertiary/aromatic N) is 3. The molecule has 2 aromatic heterocycles. The lowest BCUT2D eigenvalue weighted by atomic mass is 10.3. The molecule has 1 saturated heterocycles. The van der Waals surface area contributed by atoms with Crippen molar-refractivity contribution >= 4 is 38.6 Å². The molecule has 3 heterocycles. The summed E-state index contributed by atoms with van der Waals surface area (Å²) in [6.45, 7) is 8.21. The first-order valence-corrected chi connectivity index (χ1v) is 10.5. The number of hydrogen-bond donors (Lipinski definition) is 0. The molecule has 3 nitrogen and oxygen atoms in total. The van der Waals surface area contributed by atoms with Gasteiger partial charge in [-0.05, 0) is 54.3 Å². The van der Waals surface area contributed by atoms with Gasteiger partial charge in [-0.2, -0.15) is 0 Å². The van der Waals surface area contributed by atoms with E-state index in [9.17, 15) is 0 Å². The van der Waals surface area contributed by atoms with Gasteiger partial charge < -0.3 is 4.90 Å². The maximum Gasteiger partial charge on any atom is 0.0705 e. The largest absolute Gasteiger partial charge is 0.308 e. The fourth-order valence-electron chi connectivity index (χ4n) is 2.77. The zero-order valence-corrected chi connectivity index (χ0v) is 17.0. The van der Waals surface area contributed by atoms with Crippen LogP contribution in [0.1, 0.15) is 4.88 Å². The standard InChI is InChI=1S/C17H24BrN3S2/c1-19(2)7-8-20-9-11-21(12-10-20)13-14-3-4-15(22-14)16-5-6-17(18)23-16/h3-6H,7-13H2,1-2H3. The van der Waals surface area contributed by atoms with Crippen LogP contribution in [-0.2, 0) is 6.54 Å². The maximum atomic E-state index is 3.55. The average molecular weight is 414 g/mol. The number of rotatable bonds is 6. The Kier molecular flexibility index (Phi) is 6.29. The van der Waals surface area contributed by atoms with Gasteiger partial charge in [-0.15, -0.1) is 22.7 Å². The fourth-order valence-corrected chi connectivity index (χ4v) is 5.30. The summed E-state index contributed by atoms with van der Waals surface area (Å²) in [6, 6.07) is 8.90. The molecule has 3 rings (SSSR count). The van der Waals surface area contributed by atoms with Gasteiger partial charge in [0, 0.05) is 60.4 Å². The zero-order valence-electron chi connectivity index (χ0n) is 13.8. The minimum Gasteiger partial charge on any atom is -0.308 e. The SMILES string of the molecule is CN(C)CCN1CCN(Cc2ccc(-c3ccc(Br)s3)s2)CC1. The highest BCUT2D eigenvalue weighted by atomic mass is 79.9. The van der Waals surface area contributed by atoms with Gasteiger partial charge in [0.25, 0.3) is 0 Å². The Morgan fingerprint density at radius 3 is 2.26 bits per heavy atom. The highest BCUT2D eigenvalue weighted by molar-refractivity contribution is 9.11. The van der Waals surface area contributed by atoms with Crippen molar-refractivity contribution in [3.8, 4) is 9.75 Å². The van der Waals surface area contributed by atoms with Gasteiger partial charge in [-0.25, -0.2) is 0 Å². The van der Waals surface area contributed by atoms with Crippen LogP contribution in [0.15, 0.2) is 28.1 Å². The minimum absolute atomic E-state index is 1.10. The molecule has 0 saturated carbocycles. The lowest BCUT2D eigenvalue weighted by molar-refractivity contribution is 0.121. The van der Waals surface area contributed by atoms with Crippen molar-refractivity contribution in [3.05, 3.63) is 32.9 Å². The number of likely N-dealkylation sites (N-methyl/N-ethyl adjacent to an activating group) is 1. The third kappa shape index (κ3) is 5.11. The molecule has 0 spiro atoms. The minimum atomic E-state index is 1.10. The number of hydrogen-bond acceptors (Lipinski definition) is 5. The van der Waals surface area contributed by atoms with E-state index in [2.05, 4.69) is 69.0 Å². The van der Waals surface area contributed by atoms with Crippen molar-refractivity contribution in [1.29, 1.82) is 0 Å². The van der Waals surface area contributed by atoms with Crippen LogP contribution in [-0.4, -0.2) is 68.1 Å². The Bertz CT molecular complexity index is 615. The van der Waals surface area contributed by atoms with Crippen molar-refractivity contribution in [1.82, 2.24) is 14.7 Å². The molecule has 2 aromatic rings. The molecule has 6 heteroatoms. The Morgan fingerprint density at radius 2 is 1.61 bits per heavy atom. The summed E-state index contributed by atoms with van der Waals surface area (Å²) < 4.78 is 1.20. The highest BCUT2D eigenvalue weighted by Gasteiger charge is 2.17. The smallest absolute Gasteiger partial charge is 0.0705 e.